The van der Waals surface area contributed by atoms with Crippen LogP contribution in [0.1, 0.15) is 44.4 Å². The first-order valence-corrected chi connectivity index (χ1v) is 5.13. The molecule has 1 aliphatic rings. The fourth-order valence-electron chi connectivity index (χ4n) is 2.33. The summed E-state index contributed by atoms with van der Waals surface area (Å²) in [5, 5.41) is 0. The molecule has 1 unspecified atom stereocenters. The molecule has 0 saturated heterocycles. The lowest BCUT2D eigenvalue weighted by molar-refractivity contribution is -0.0529. The predicted octanol–water partition coefficient (Wildman–Crippen LogP) is 2.99. The Hall–Kier alpha value is -1.02. The van der Waals surface area contributed by atoms with Crippen LogP contribution in [-0.2, 0) is 10.3 Å². The number of benzene rings is 1. The Bertz CT molecular complexity index is 357. The van der Waals surface area contributed by atoms with Gasteiger partial charge in [0.25, 0.3) is 0 Å². The van der Waals surface area contributed by atoms with E-state index >= 15 is 0 Å². The van der Waals surface area contributed by atoms with Crippen molar-refractivity contribution < 1.29 is 4.74 Å². The second-order valence-electron chi connectivity index (χ2n) is 4.34. The number of fused-ring (bicyclic) bond motifs is 1. The molecular formula is C12H17NO. The SMILES string of the molecule is CCC1OC(C)(C)c2c(N)cccc21. The fourth-order valence-corrected chi connectivity index (χ4v) is 2.33. The molecule has 1 heterocycles. The molecule has 1 atom stereocenters. The molecular weight excluding hydrogens is 174 g/mol. The number of rotatable bonds is 1. The molecule has 2 nitrogen and oxygen atoms in total. The number of hydrogen-bond acceptors (Lipinski definition) is 2. The lowest BCUT2D eigenvalue weighted by atomic mass is 9.92. The van der Waals surface area contributed by atoms with Crippen molar-refractivity contribution in [1.29, 1.82) is 0 Å². The molecule has 1 aromatic rings. The van der Waals surface area contributed by atoms with Crippen LogP contribution < -0.4 is 5.73 Å². The van der Waals surface area contributed by atoms with Crippen molar-refractivity contribution in [3.8, 4) is 0 Å². The molecule has 0 spiro atoms. The van der Waals surface area contributed by atoms with Gasteiger partial charge in [0, 0.05) is 11.3 Å². The van der Waals surface area contributed by atoms with E-state index in [0.717, 1.165) is 12.1 Å². The van der Waals surface area contributed by atoms with E-state index in [1.165, 1.54) is 11.1 Å². The number of anilines is 1. The standard InChI is InChI=1S/C12H17NO/c1-4-10-8-6-5-7-9(13)11(8)12(2,3)14-10/h5-7,10H,4,13H2,1-3H3. The summed E-state index contributed by atoms with van der Waals surface area (Å²) in [7, 11) is 0. The molecule has 0 fully saturated rings. The van der Waals surface area contributed by atoms with Gasteiger partial charge in [0.05, 0.1) is 11.7 Å². The Morgan fingerprint density at radius 1 is 1.43 bits per heavy atom. The highest BCUT2D eigenvalue weighted by Crippen LogP contribution is 2.46. The summed E-state index contributed by atoms with van der Waals surface area (Å²) >= 11 is 0. The number of nitrogens with two attached hydrogens (primary N) is 1. The van der Waals surface area contributed by atoms with Gasteiger partial charge in [-0.25, -0.2) is 0 Å². The Morgan fingerprint density at radius 2 is 2.14 bits per heavy atom. The molecule has 0 saturated carbocycles. The van der Waals surface area contributed by atoms with Crippen LogP contribution in [0, 0.1) is 0 Å². The van der Waals surface area contributed by atoms with Crippen LogP contribution in [0.15, 0.2) is 18.2 Å². The van der Waals surface area contributed by atoms with Gasteiger partial charge in [-0.3, -0.25) is 0 Å². The van der Waals surface area contributed by atoms with E-state index in [0.29, 0.717) is 0 Å². The van der Waals surface area contributed by atoms with Crippen molar-refractivity contribution in [2.45, 2.75) is 38.9 Å². The van der Waals surface area contributed by atoms with Crippen LogP contribution in [0.5, 0.6) is 0 Å². The third-order valence-electron chi connectivity index (χ3n) is 2.89. The zero-order valence-electron chi connectivity index (χ0n) is 9.00. The van der Waals surface area contributed by atoms with E-state index < -0.39 is 0 Å². The lowest BCUT2D eigenvalue weighted by Gasteiger charge is -2.21. The van der Waals surface area contributed by atoms with Gasteiger partial charge in [0.15, 0.2) is 0 Å². The smallest absolute Gasteiger partial charge is 0.0907 e. The van der Waals surface area contributed by atoms with E-state index in [2.05, 4.69) is 26.8 Å². The number of ether oxygens (including phenoxy) is 1. The van der Waals surface area contributed by atoms with Crippen molar-refractivity contribution >= 4 is 5.69 Å². The minimum atomic E-state index is -0.235. The second-order valence-corrected chi connectivity index (χ2v) is 4.34. The van der Waals surface area contributed by atoms with E-state index in [1.807, 2.05) is 12.1 Å². The minimum Gasteiger partial charge on any atom is -0.398 e. The molecule has 14 heavy (non-hydrogen) atoms. The lowest BCUT2D eigenvalue weighted by Crippen LogP contribution is -2.17. The maximum Gasteiger partial charge on any atom is 0.0907 e. The zero-order valence-corrected chi connectivity index (χ0v) is 9.00. The van der Waals surface area contributed by atoms with Crippen LogP contribution in [0.3, 0.4) is 0 Å². The highest BCUT2D eigenvalue weighted by Gasteiger charge is 2.38. The molecule has 1 aromatic carbocycles. The number of hydrogen-bond donors (Lipinski definition) is 1. The number of nitrogen functional groups attached to an aromatic ring is 1. The molecule has 2 heteroatoms. The minimum absolute atomic E-state index is 0.212. The fraction of sp³-hybridized carbons (Fsp3) is 0.500. The Labute approximate surface area is 85.1 Å². The summed E-state index contributed by atoms with van der Waals surface area (Å²) in [6, 6.07) is 6.07. The topological polar surface area (TPSA) is 35.2 Å². The first-order chi connectivity index (χ1) is 6.56. The van der Waals surface area contributed by atoms with Gasteiger partial charge >= 0.3 is 0 Å². The molecule has 0 bridgehead atoms. The van der Waals surface area contributed by atoms with Gasteiger partial charge in [-0.15, -0.1) is 0 Å². The quantitative estimate of drug-likeness (QED) is 0.692. The predicted molar refractivity (Wildman–Crippen MR) is 58.0 cm³/mol. The van der Waals surface area contributed by atoms with Crippen molar-refractivity contribution in [3.05, 3.63) is 29.3 Å². The molecule has 0 amide bonds. The molecule has 2 N–H and O–H groups in total. The van der Waals surface area contributed by atoms with E-state index in [4.69, 9.17) is 10.5 Å². The normalized spacial score (nSPS) is 23.5. The third kappa shape index (κ3) is 1.22. The third-order valence-corrected chi connectivity index (χ3v) is 2.89. The summed E-state index contributed by atoms with van der Waals surface area (Å²) in [6.07, 6.45) is 1.21. The highest BCUT2D eigenvalue weighted by atomic mass is 16.5. The van der Waals surface area contributed by atoms with Crippen molar-refractivity contribution in [3.63, 3.8) is 0 Å². The van der Waals surface area contributed by atoms with Gasteiger partial charge in [0.1, 0.15) is 0 Å². The van der Waals surface area contributed by atoms with E-state index in [-0.39, 0.29) is 11.7 Å². The maximum atomic E-state index is 5.98. The monoisotopic (exact) mass is 191 g/mol. The Kier molecular flexibility index (Phi) is 2.04. The molecule has 0 radical (unpaired) electrons. The van der Waals surface area contributed by atoms with E-state index in [9.17, 15) is 0 Å². The summed E-state index contributed by atoms with van der Waals surface area (Å²) < 4.78 is 5.97. The van der Waals surface area contributed by atoms with Crippen LogP contribution in [0.2, 0.25) is 0 Å². The largest absolute Gasteiger partial charge is 0.398 e. The summed E-state index contributed by atoms with van der Waals surface area (Å²) in [4.78, 5) is 0. The van der Waals surface area contributed by atoms with Crippen LogP contribution >= 0.6 is 0 Å². The van der Waals surface area contributed by atoms with Gasteiger partial charge in [-0.05, 0) is 31.9 Å². The van der Waals surface area contributed by atoms with Gasteiger partial charge in [-0.1, -0.05) is 19.1 Å². The molecule has 2 rings (SSSR count). The van der Waals surface area contributed by atoms with Crippen molar-refractivity contribution in [2.75, 3.05) is 5.73 Å². The summed E-state index contributed by atoms with van der Waals surface area (Å²) in [6.45, 7) is 6.30. The highest BCUT2D eigenvalue weighted by molar-refractivity contribution is 5.56. The summed E-state index contributed by atoms with van der Waals surface area (Å²) in [5.74, 6) is 0. The Balaban J connectivity index is 2.59. The molecule has 0 aliphatic carbocycles. The Morgan fingerprint density at radius 3 is 2.79 bits per heavy atom. The summed E-state index contributed by atoms with van der Waals surface area (Å²) in [5.41, 5.74) is 9.03. The first-order valence-electron chi connectivity index (χ1n) is 5.13. The van der Waals surface area contributed by atoms with Gasteiger partial charge in [0.2, 0.25) is 0 Å². The van der Waals surface area contributed by atoms with Gasteiger partial charge in [-0.2, -0.15) is 0 Å². The first kappa shape index (κ1) is 9.53. The van der Waals surface area contributed by atoms with Crippen LogP contribution in [0.25, 0.3) is 0 Å². The average Bonchev–Trinajstić information content (AvgIpc) is 2.39. The van der Waals surface area contributed by atoms with Crippen molar-refractivity contribution in [1.82, 2.24) is 0 Å². The zero-order chi connectivity index (χ0) is 10.3. The van der Waals surface area contributed by atoms with Crippen LogP contribution in [-0.4, -0.2) is 0 Å². The maximum absolute atomic E-state index is 5.98. The van der Waals surface area contributed by atoms with Crippen LogP contribution in [0.4, 0.5) is 5.69 Å². The average molecular weight is 191 g/mol. The second kappa shape index (κ2) is 2.99. The van der Waals surface area contributed by atoms with E-state index in [1.54, 1.807) is 0 Å². The molecule has 0 aromatic heterocycles. The molecule has 76 valence electrons. The molecule has 1 aliphatic heterocycles. The van der Waals surface area contributed by atoms with Crippen molar-refractivity contribution in [2.24, 2.45) is 0 Å². The van der Waals surface area contributed by atoms with Gasteiger partial charge < -0.3 is 10.5 Å².